The summed E-state index contributed by atoms with van der Waals surface area (Å²) < 4.78 is 33.8. The van der Waals surface area contributed by atoms with Gasteiger partial charge in [0.1, 0.15) is 5.75 Å². The van der Waals surface area contributed by atoms with Gasteiger partial charge in [0, 0.05) is 29.3 Å². The minimum Gasteiger partial charge on any atom is -0.497 e. The number of piperidine rings is 1. The van der Waals surface area contributed by atoms with E-state index in [0.717, 1.165) is 22.1 Å². The maximum absolute atomic E-state index is 13.4. The molecule has 2 atom stereocenters. The lowest BCUT2D eigenvalue weighted by molar-refractivity contribution is -0.123. The quantitative estimate of drug-likeness (QED) is 0.650. The van der Waals surface area contributed by atoms with E-state index in [1.54, 1.807) is 31.4 Å². The van der Waals surface area contributed by atoms with Crippen LogP contribution in [0.3, 0.4) is 0 Å². The third-order valence-electron chi connectivity index (χ3n) is 5.93. The van der Waals surface area contributed by atoms with Crippen molar-refractivity contribution in [2.45, 2.75) is 37.1 Å². The summed E-state index contributed by atoms with van der Waals surface area (Å²) in [5, 5.41) is 0. The Morgan fingerprint density at radius 2 is 1.90 bits per heavy atom. The maximum Gasteiger partial charge on any atom is 0.243 e. The van der Waals surface area contributed by atoms with Crippen molar-refractivity contribution >= 4 is 37.5 Å². The largest absolute Gasteiger partial charge is 0.497 e. The monoisotopic (exact) mass is 492 g/mol. The molecule has 6 nitrogen and oxygen atoms in total. The minimum absolute atomic E-state index is 0.0122. The number of anilines is 1. The van der Waals surface area contributed by atoms with Crippen LogP contribution in [0.2, 0.25) is 0 Å². The minimum atomic E-state index is -3.66. The van der Waals surface area contributed by atoms with E-state index < -0.39 is 10.0 Å². The Morgan fingerprint density at radius 1 is 1.17 bits per heavy atom. The van der Waals surface area contributed by atoms with E-state index in [-0.39, 0.29) is 29.3 Å². The van der Waals surface area contributed by atoms with Gasteiger partial charge >= 0.3 is 0 Å². The van der Waals surface area contributed by atoms with Crippen LogP contribution in [-0.2, 0) is 21.2 Å². The molecule has 1 saturated heterocycles. The third kappa shape index (κ3) is 3.88. The standard InChI is InChI=1S/C22H25BrN2O4S/c1-15-12-17-13-18(23)5-10-21(17)25(15)22(26)16-4-3-11-24(14-16)30(27,28)20-8-6-19(29-2)7-9-20/h5-10,13,15-16H,3-4,11-12,14H2,1-2H3. The van der Waals surface area contributed by atoms with E-state index in [4.69, 9.17) is 4.74 Å². The van der Waals surface area contributed by atoms with Crippen LogP contribution in [0.5, 0.6) is 5.75 Å². The van der Waals surface area contributed by atoms with Crippen LogP contribution < -0.4 is 9.64 Å². The van der Waals surface area contributed by atoms with Gasteiger partial charge in [-0.25, -0.2) is 8.42 Å². The Balaban J connectivity index is 1.55. The van der Waals surface area contributed by atoms with E-state index in [1.165, 1.54) is 4.31 Å². The first kappa shape index (κ1) is 21.3. The summed E-state index contributed by atoms with van der Waals surface area (Å²) in [5.41, 5.74) is 2.08. The molecule has 1 amide bonds. The molecular formula is C22H25BrN2O4S. The van der Waals surface area contributed by atoms with Gasteiger partial charge in [0.2, 0.25) is 15.9 Å². The van der Waals surface area contributed by atoms with Gasteiger partial charge in [0.25, 0.3) is 0 Å². The number of nitrogens with zero attached hydrogens (tertiary/aromatic N) is 2. The maximum atomic E-state index is 13.4. The van der Waals surface area contributed by atoms with Crippen molar-refractivity contribution in [3.05, 3.63) is 52.5 Å². The molecule has 160 valence electrons. The average Bonchev–Trinajstić information content (AvgIpc) is 3.08. The van der Waals surface area contributed by atoms with Crippen LogP contribution in [0.4, 0.5) is 5.69 Å². The first-order valence-corrected chi connectivity index (χ1v) is 12.3. The second-order valence-electron chi connectivity index (χ2n) is 7.91. The molecule has 0 aromatic heterocycles. The highest BCUT2D eigenvalue weighted by Gasteiger charge is 2.39. The SMILES string of the molecule is COc1ccc(S(=O)(=O)N2CCCC(C(=O)N3c4ccc(Br)cc4CC3C)C2)cc1. The normalized spacial score (nSPS) is 22.0. The Bertz CT molecular complexity index is 1060. The molecule has 8 heteroatoms. The number of fused-ring (bicyclic) bond motifs is 1. The fourth-order valence-corrected chi connectivity index (χ4v) is 6.32. The zero-order valence-corrected chi connectivity index (χ0v) is 19.4. The fourth-order valence-electron chi connectivity index (χ4n) is 4.39. The zero-order valence-electron chi connectivity index (χ0n) is 17.0. The number of halogens is 1. The molecule has 2 unspecified atom stereocenters. The van der Waals surface area contributed by atoms with Crippen molar-refractivity contribution in [3.63, 3.8) is 0 Å². The van der Waals surface area contributed by atoms with Crippen LogP contribution in [-0.4, -0.2) is 44.9 Å². The molecule has 2 aliphatic heterocycles. The summed E-state index contributed by atoms with van der Waals surface area (Å²) in [6, 6.07) is 12.4. The summed E-state index contributed by atoms with van der Waals surface area (Å²) in [6.45, 7) is 2.68. The van der Waals surface area contributed by atoms with Gasteiger partial charge in [-0.15, -0.1) is 0 Å². The van der Waals surface area contributed by atoms with Crippen molar-refractivity contribution in [1.29, 1.82) is 0 Å². The van der Waals surface area contributed by atoms with Crippen molar-refractivity contribution < 1.29 is 17.9 Å². The van der Waals surface area contributed by atoms with Gasteiger partial charge in [0.15, 0.2) is 0 Å². The van der Waals surface area contributed by atoms with E-state index in [2.05, 4.69) is 22.0 Å². The predicted molar refractivity (Wildman–Crippen MR) is 119 cm³/mol. The molecule has 30 heavy (non-hydrogen) atoms. The van der Waals surface area contributed by atoms with Crippen molar-refractivity contribution in [3.8, 4) is 5.75 Å². The Hall–Kier alpha value is -1.90. The highest BCUT2D eigenvalue weighted by molar-refractivity contribution is 9.10. The Kier molecular flexibility index (Phi) is 5.92. The lowest BCUT2D eigenvalue weighted by Crippen LogP contribution is -2.48. The summed E-state index contributed by atoms with van der Waals surface area (Å²) >= 11 is 3.49. The second kappa shape index (κ2) is 8.32. The Morgan fingerprint density at radius 3 is 2.60 bits per heavy atom. The molecule has 2 aliphatic rings. The highest BCUT2D eigenvalue weighted by atomic mass is 79.9. The molecule has 0 spiro atoms. The molecule has 2 aromatic rings. The molecule has 0 saturated carbocycles. The number of hydrogen-bond donors (Lipinski definition) is 0. The molecule has 0 aliphatic carbocycles. The third-order valence-corrected chi connectivity index (χ3v) is 8.30. The first-order chi connectivity index (χ1) is 14.3. The molecule has 0 bridgehead atoms. The summed E-state index contributed by atoms with van der Waals surface area (Å²) in [6.07, 6.45) is 2.17. The van der Waals surface area contributed by atoms with Crippen LogP contribution in [0.1, 0.15) is 25.3 Å². The number of carbonyl (C=O) groups excluding carboxylic acids is 1. The van der Waals surface area contributed by atoms with Gasteiger partial charge in [-0.05, 0) is 74.2 Å². The molecule has 2 aromatic carbocycles. The van der Waals surface area contributed by atoms with Gasteiger partial charge < -0.3 is 9.64 Å². The van der Waals surface area contributed by atoms with Gasteiger partial charge in [-0.3, -0.25) is 4.79 Å². The summed E-state index contributed by atoms with van der Waals surface area (Å²) in [5.74, 6) is 0.274. The number of sulfonamides is 1. The lowest BCUT2D eigenvalue weighted by Gasteiger charge is -2.34. The van der Waals surface area contributed by atoms with Crippen LogP contribution in [0.25, 0.3) is 0 Å². The number of carbonyl (C=O) groups is 1. The van der Waals surface area contributed by atoms with Crippen molar-refractivity contribution in [2.24, 2.45) is 5.92 Å². The van der Waals surface area contributed by atoms with E-state index in [0.29, 0.717) is 25.1 Å². The lowest BCUT2D eigenvalue weighted by atomic mass is 9.97. The van der Waals surface area contributed by atoms with Crippen molar-refractivity contribution in [2.75, 3.05) is 25.1 Å². The molecule has 4 rings (SSSR count). The molecule has 1 fully saturated rings. The van der Waals surface area contributed by atoms with Crippen LogP contribution in [0.15, 0.2) is 51.8 Å². The molecule has 2 heterocycles. The summed E-state index contributed by atoms with van der Waals surface area (Å²) in [4.78, 5) is 15.5. The smallest absolute Gasteiger partial charge is 0.243 e. The predicted octanol–water partition coefficient (Wildman–Crippen LogP) is 3.84. The van der Waals surface area contributed by atoms with E-state index in [1.807, 2.05) is 24.0 Å². The van der Waals surface area contributed by atoms with Crippen LogP contribution in [0, 0.1) is 5.92 Å². The van der Waals surface area contributed by atoms with E-state index in [9.17, 15) is 13.2 Å². The zero-order chi connectivity index (χ0) is 21.5. The number of amides is 1. The number of benzene rings is 2. The molecule has 0 N–H and O–H groups in total. The molecular weight excluding hydrogens is 468 g/mol. The number of hydrogen-bond acceptors (Lipinski definition) is 4. The number of ether oxygens (including phenoxy) is 1. The average molecular weight is 493 g/mol. The van der Waals surface area contributed by atoms with Gasteiger partial charge in [-0.1, -0.05) is 15.9 Å². The highest BCUT2D eigenvalue weighted by Crippen LogP contribution is 2.36. The topological polar surface area (TPSA) is 66.9 Å². The second-order valence-corrected chi connectivity index (χ2v) is 10.8. The number of methoxy groups -OCH3 is 1. The first-order valence-electron chi connectivity index (χ1n) is 10.1. The van der Waals surface area contributed by atoms with Gasteiger partial charge in [-0.2, -0.15) is 4.31 Å². The molecule has 0 radical (unpaired) electrons. The fraction of sp³-hybridized carbons (Fsp3) is 0.409. The van der Waals surface area contributed by atoms with Crippen LogP contribution >= 0.6 is 15.9 Å². The number of rotatable bonds is 4. The van der Waals surface area contributed by atoms with Gasteiger partial charge in [0.05, 0.1) is 17.9 Å². The van der Waals surface area contributed by atoms with Crippen molar-refractivity contribution in [1.82, 2.24) is 4.31 Å². The van der Waals surface area contributed by atoms with E-state index >= 15 is 0 Å². The Labute approximate surface area is 186 Å². The summed E-state index contributed by atoms with van der Waals surface area (Å²) in [7, 11) is -2.11.